The molecule has 2 unspecified atom stereocenters. The van der Waals surface area contributed by atoms with Gasteiger partial charge in [-0.1, -0.05) is 26.7 Å². The van der Waals surface area contributed by atoms with Crippen LogP contribution in [0.1, 0.15) is 52.4 Å². The van der Waals surface area contributed by atoms with Crippen LogP contribution in [0.5, 0.6) is 0 Å². The van der Waals surface area contributed by atoms with Crippen LogP contribution >= 0.6 is 0 Å². The quantitative estimate of drug-likeness (QED) is 0.710. The lowest BCUT2D eigenvalue weighted by atomic mass is 9.99. The third kappa shape index (κ3) is 4.43. The molecule has 0 spiro atoms. The molecule has 1 N–H and O–H groups in total. The normalized spacial score (nSPS) is 27.9. The van der Waals surface area contributed by atoms with Crippen molar-refractivity contribution in [1.29, 1.82) is 0 Å². The predicted molar refractivity (Wildman–Crippen MR) is 60.6 cm³/mol. The molecule has 1 fully saturated rings. The van der Waals surface area contributed by atoms with Crippen molar-refractivity contribution in [2.24, 2.45) is 0 Å². The van der Waals surface area contributed by atoms with Crippen molar-refractivity contribution in [1.82, 2.24) is 5.32 Å². The van der Waals surface area contributed by atoms with E-state index in [9.17, 15) is 0 Å². The summed E-state index contributed by atoms with van der Waals surface area (Å²) in [5.41, 5.74) is 0. The second-order valence-electron chi connectivity index (χ2n) is 4.31. The first kappa shape index (κ1) is 12.0. The highest BCUT2D eigenvalue weighted by atomic mass is 16.5. The van der Waals surface area contributed by atoms with Gasteiger partial charge in [0.25, 0.3) is 0 Å². The summed E-state index contributed by atoms with van der Waals surface area (Å²) < 4.78 is 5.75. The van der Waals surface area contributed by atoms with Gasteiger partial charge in [-0.15, -0.1) is 0 Å². The minimum absolute atomic E-state index is 0.526. The Labute approximate surface area is 88.4 Å². The van der Waals surface area contributed by atoms with E-state index >= 15 is 0 Å². The molecular weight excluding hydrogens is 174 g/mol. The summed E-state index contributed by atoms with van der Waals surface area (Å²) in [5.74, 6) is 0. The van der Waals surface area contributed by atoms with E-state index in [-0.39, 0.29) is 0 Å². The molecule has 0 amide bonds. The van der Waals surface area contributed by atoms with E-state index in [1.54, 1.807) is 0 Å². The molecule has 1 saturated heterocycles. The average Bonchev–Trinajstić information content (AvgIpc) is 2.24. The first-order chi connectivity index (χ1) is 6.86. The van der Waals surface area contributed by atoms with E-state index in [0.717, 1.165) is 13.2 Å². The van der Waals surface area contributed by atoms with E-state index in [1.165, 1.54) is 38.5 Å². The average molecular weight is 199 g/mol. The number of ether oxygens (including phenoxy) is 1. The number of rotatable bonds is 6. The SMILES string of the molecule is CCCCC1CC(NCCC)CCO1. The smallest absolute Gasteiger partial charge is 0.0590 e. The fourth-order valence-corrected chi connectivity index (χ4v) is 2.05. The monoisotopic (exact) mass is 199 g/mol. The molecule has 14 heavy (non-hydrogen) atoms. The van der Waals surface area contributed by atoms with Crippen LogP contribution in [0.2, 0.25) is 0 Å². The maximum absolute atomic E-state index is 5.75. The Balaban J connectivity index is 2.14. The summed E-state index contributed by atoms with van der Waals surface area (Å²) >= 11 is 0. The molecule has 84 valence electrons. The van der Waals surface area contributed by atoms with Crippen molar-refractivity contribution in [3.63, 3.8) is 0 Å². The molecule has 2 nitrogen and oxygen atoms in total. The van der Waals surface area contributed by atoms with Gasteiger partial charge in [0, 0.05) is 12.6 Å². The zero-order chi connectivity index (χ0) is 10.2. The van der Waals surface area contributed by atoms with Crippen LogP contribution in [-0.2, 0) is 4.74 Å². The molecular formula is C12H25NO. The van der Waals surface area contributed by atoms with Crippen molar-refractivity contribution in [3.8, 4) is 0 Å². The molecule has 2 atom stereocenters. The summed E-state index contributed by atoms with van der Waals surface area (Å²) in [5, 5.41) is 3.60. The van der Waals surface area contributed by atoms with Gasteiger partial charge in [0.1, 0.15) is 0 Å². The highest BCUT2D eigenvalue weighted by Crippen LogP contribution is 2.18. The first-order valence-electron chi connectivity index (χ1n) is 6.21. The Morgan fingerprint density at radius 1 is 1.29 bits per heavy atom. The Morgan fingerprint density at radius 3 is 2.86 bits per heavy atom. The maximum atomic E-state index is 5.75. The van der Waals surface area contributed by atoms with Crippen LogP contribution < -0.4 is 5.32 Å². The zero-order valence-electron chi connectivity index (χ0n) is 9.72. The highest BCUT2D eigenvalue weighted by molar-refractivity contribution is 4.76. The molecule has 0 aromatic carbocycles. The lowest BCUT2D eigenvalue weighted by Gasteiger charge is -2.30. The van der Waals surface area contributed by atoms with E-state index in [2.05, 4.69) is 19.2 Å². The summed E-state index contributed by atoms with van der Waals surface area (Å²) in [6, 6.07) is 0.713. The largest absolute Gasteiger partial charge is 0.378 e. The number of hydrogen-bond acceptors (Lipinski definition) is 2. The van der Waals surface area contributed by atoms with E-state index in [0.29, 0.717) is 12.1 Å². The van der Waals surface area contributed by atoms with Gasteiger partial charge in [-0.05, 0) is 32.2 Å². The number of hydrogen-bond donors (Lipinski definition) is 1. The van der Waals surface area contributed by atoms with E-state index in [4.69, 9.17) is 4.74 Å². The van der Waals surface area contributed by atoms with Gasteiger partial charge in [0.05, 0.1) is 6.10 Å². The molecule has 1 heterocycles. The molecule has 0 aromatic rings. The summed E-state index contributed by atoms with van der Waals surface area (Å²) in [7, 11) is 0. The standard InChI is InChI=1S/C12H25NO/c1-3-5-6-12-10-11(7-9-14-12)13-8-4-2/h11-13H,3-10H2,1-2H3. The van der Waals surface area contributed by atoms with Crippen LogP contribution in [0.3, 0.4) is 0 Å². The predicted octanol–water partition coefficient (Wildman–Crippen LogP) is 2.72. The molecule has 0 bridgehead atoms. The van der Waals surface area contributed by atoms with Gasteiger partial charge in [-0.3, -0.25) is 0 Å². The molecule has 0 saturated carbocycles. The Kier molecular flexibility index (Phi) is 6.20. The molecule has 1 aliphatic rings. The lowest BCUT2D eigenvalue weighted by molar-refractivity contribution is -0.00381. The summed E-state index contributed by atoms with van der Waals surface area (Å²) in [4.78, 5) is 0. The third-order valence-electron chi connectivity index (χ3n) is 2.93. The zero-order valence-corrected chi connectivity index (χ0v) is 9.72. The van der Waals surface area contributed by atoms with Gasteiger partial charge < -0.3 is 10.1 Å². The molecule has 0 radical (unpaired) electrons. The van der Waals surface area contributed by atoms with Gasteiger partial charge in [0.15, 0.2) is 0 Å². The van der Waals surface area contributed by atoms with Gasteiger partial charge in [0.2, 0.25) is 0 Å². The molecule has 0 aromatic heterocycles. The van der Waals surface area contributed by atoms with Crippen molar-refractivity contribution < 1.29 is 4.74 Å². The van der Waals surface area contributed by atoms with Gasteiger partial charge in [-0.25, -0.2) is 0 Å². The molecule has 0 aliphatic carbocycles. The summed E-state index contributed by atoms with van der Waals surface area (Å²) in [6.45, 7) is 6.58. The highest BCUT2D eigenvalue weighted by Gasteiger charge is 2.21. The van der Waals surface area contributed by atoms with Crippen molar-refractivity contribution >= 4 is 0 Å². The van der Waals surface area contributed by atoms with Gasteiger partial charge >= 0.3 is 0 Å². The lowest BCUT2D eigenvalue weighted by Crippen LogP contribution is -2.39. The maximum Gasteiger partial charge on any atom is 0.0590 e. The topological polar surface area (TPSA) is 21.3 Å². The van der Waals surface area contributed by atoms with E-state index in [1.807, 2.05) is 0 Å². The molecule has 1 aliphatic heterocycles. The van der Waals surface area contributed by atoms with Crippen molar-refractivity contribution in [3.05, 3.63) is 0 Å². The summed E-state index contributed by atoms with van der Waals surface area (Å²) in [6.07, 6.45) is 8.02. The van der Waals surface area contributed by atoms with Crippen LogP contribution in [-0.4, -0.2) is 25.3 Å². The van der Waals surface area contributed by atoms with Crippen LogP contribution in [0.25, 0.3) is 0 Å². The van der Waals surface area contributed by atoms with Crippen LogP contribution in [0.15, 0.2) is 0 Å². The minimum Gasteiger partial charge on any atom is -0.378 e. The molecule has 1 rings (SSSR count). The van der Waals surface area contributed by atoms with Gasteiger partial charge in [-0.2, -0.15) is 0 Å². The fraction of sp³-hybridized carbons (Fsp3) is 1.00. The second kappa shape index (κ2) is 7.24. The fourth-order valence-electron chi connectivity index (χ4n) is 2.05. The Hall–Kier alpha value is -0.0800. The number of nitrogens with one attached hydrogen (secondary N) is 1. The molecule has 2 heteroatoms. The van der Waals surface area contributed by atoms with E-state index < -0.39 is 0 Å². The number of unbranched alkanes of at least 4 members (excludes halogenated alkanes) is 1. The second-order valence-corrected chi connectivity index (χ2v) is 4.31. The van der Waals surface area contributed by atoms with Crippen LogP contribution in [0, 0.1) is 0 Å². The van der Waals surface area contributed by atoms with Crippen molar-refractivity contribution in [2.45, 2.75) is 64.5 Å². The minimum atomic E-state index is 0.526. The third-order valence-corrected chi connectivity index (χ3v) is 2.93. The van der Waals surface area contributed by atoms with Crippen molar-refractivity contribution in [2.75, 3.05) is 13.2 Å². The first-order valence-corrected chi connectivity index (χ1v) is 6.21. The Bertz CT molecular complexity index is 124. The van der Waals surface area contributed by atoms with Crippen LogP contribution in [0.4, 0.5) is 0 Å². The Morgan fingerprint density at radius 2 is 2.14 bits per heavy atom.